The Bertz CT molecular complexity index is 795. The highest BCUT2D eigenvalue weighted by Gasteiger charge is 2.40. The average Bonchev–Trinajstić information content (AvgIpc) is 3.19. The van der Waals surface area contributed by atoms with Gasteiger partial charge in [-0.1, -0.05) is 6.07 Å². The second-order valence-corrected chi connectivity index (χ2v) is 5.48. The SMILES string of the molecule is FC(F)(F)c1ccc(C(c2ccc[nH]2)c2ccc[nH]2)c(C(F)(F)F)c1. The van der Waals surface area contributed by atoms with Crippen LogP contribution < -0.4 is 0 Å². The summed E-state index contributed by atoms with van der Waals surface area (Å²) in [6, 6.07) is 8.12. The van der Waals surface area contributed by atoms with Crippen LogP contribution >= 0.6 is 0 Å². The zero-order valence-corrected chi connectivity index (χ0v) is 12.5. The molecule has 0 aliphatic heterocycles. The highest BCUT2D eigenvalue weighted by molar-refractivity contribution is 5.45. The zero-order valence-electron chi connectivity index (χ0n) is 12.5. The topological polar surface area (TPSA) is 31.6 Å². The summed E-state index contributed by atoms with van der Waals surface area (Å²) >= 11 is 0. The molecule has 2 N–H and O–H groups in total. The van der Waals surface area contributed by atoms with E-state index in [9.17, 15) is 26.3 Å². The van der Waals surface area contributed by atoms with Crippen molar-refractivity contribution in [3.05, 3.63) is 82.9 Å². The minimum Gasteiger partial charge on any atom is -0.364 e. The second-order valence-electron chi connectivity index (χ2n) is 5.48. The molecule has 0 saturated heterocycles. The van der Waals surface area contributed by atoms with Crippen molar-refractivity contribution in [2.24, 2.45) is 0 Å². The molecule has 2 heterocycles. The van der Waals surface area contributed by atoms with Gasteiger partial charge >= 0.3 is 12.4 Å². The fraction of sp³-hybridized carbons (Fsp3) is 0.176. The van der Waals surface area contributed by atoms with Crippen LogP contribution in [0.25, 0.3) is 0 Å². The van der Waals surface area contributed by atoms with Gasteiger partial charge in [-0.2, -0.15) is 26.3 Å². The van der Waals surface area contributed by atoms with Gasteiger partial charge in [-0.05, 0) is 42.0 Å². The summed E-state index contributed by atoms with van der Waals surface area (Å²) in [6.07, 6.45) is -6.69. The summed E-state index contributed by atoms with van der Waals surface area (Å²) in [7, 11) is 0. The number of alkyl halides is 6. The van der Waals surface area contributed by atoms with E-state index in [1.165, 1.54) is 0 Å². The number of aromatic nitrogens is 2. The van der Waals surface area contributed by atoms with Gasteiger partial charge in [-0.3, -0.25) is 0 Å². The zero-order chi connectivity index (χ0) is 18.2. The Morgan fingerprint density at radius 3 is 1.68 bits per heavy atom. The highest BCUT2D eigenvalue weighted by atomic mass is 19.4. The van der Waals surface area contributed by atoms with E-state index < -0.39 is 29.4 Å². The Kier molecular flexibility index (Phi) is 4.14. The van der Waals surface area contributed by atoms with Crippen molar-refractivity contribution in [1.29, 1.82) is 0 Å². The standard InChI is InChI=1S/C17H12F6N2/c18-16(19,20)10-5-6-11(12(9-10)17(21,22)23)15(13-3-1-7-24-13)14-4-2-8-25-14/h1-9,15,24-25H. The number of hydrogen-bond acceptors (Lipinski definition) is 0. The highest BCUT2D eigenvalue weighted by Crippen LogP contribution is 2.42. The maximum absolute atomic E-state index is 13.5. The van der Waals surface area contributed by atoms with Gasteiger partial charge in [0.1, 0.15) is 0 Å². The minimum atomic E-state index is -4.92. The lowest BCUT2D eigenvalue weighted by Gasteiger charge is -2.22. The molecule has 0 unspecified atom stereocenters. The fourth-order valence-corrected chi connectivity index (χ4v) is 2.78. The van der Waals surface area contributed by atoms with Crippen molar-refractivity contribution in [2.75, 3.05) is 0 Å². The number of hydrogen-bond donors (Lipinski definition) is 2. The van der Waals surface area contributed by atoms with Gasteiger partial charge in [0, 0.05) is 23.8 Å². The van der Waals surface area contributed by atoms with Gasteiger partial charge in [0.2, 0.25) is 0 Å². The van der Waals surface area contributed by atoms with Gasteiger partial charge in [-0.25, -0.2) is 0 Å². The Morgan fingerprint density at radius 1 is 0.720 bits per heavy atom. The number of benzene rings is 1. The third-order valence-electron chi connectivity index (χ3n) is 3.86. The predicted molar refractivity (Wildman–Crippen MR) is 79.0 cm³/mol. The van der Waals surface area contributed by atoms with E-state index in [0.29, 0.717) is 17.5 Å². The van der Waals surface area contributed by atoms with Gasteiger partial charge in [-0.15, -0.1) is 0 Å². The van der Waals surface area contributed by atoms with E-state index in [4.69, 9.17) is 0 Å². The lowest BCUT2D eigenvalue weighted by Crippen LogP contribution is -2.17. The van der Waals surface area contributed by atoms with Crippen LogP contribution in [0.3, 0.4) is 0 Å². The molecule has 0 fully saturated rings. The first-order valence-corrected chi connectivity index (χ1v) is 7.23. The largest absolute Gasteiger partial charge is 0.416 e. The summed E-state index contributed by atoms with van der Waals surface area (Å²) in [5, 5.41) is 0. The molecule has 0 aliphatic carbocycles. The number of aromatic amines is 2. The molecule has 1 aromatic carbocycles. The predicted octanol–water partition coefficient (Wildman–Crippen LogP) is 5.56. The van der Waals surface area contributed by atoms with Gasteiger partial charge < -0.3 is 9.97 Å². The number of H-pyrrole nitrogens is 2. The first-order valence-electron chi connectivity index (χ1n) is 7.23. The van der Waals surface area contributed by atoms with Crippen molar-refractivity contribution in [1.82, 2.24) is 9.97 Å². The van der Waals surface area contributed by atoms with E-state index in [1.54, 1.807) is 36.7 Å². The van der Waals surface area contributed by atoms with E-state index in [-0.39, 0.29) is 11.6 Å². The summed E-state index contributed by atoms with van der Waals surface area (Å²) in [5.41, 5.74) is -2.03. The molecule has 0 saturated carbocycles. The molecule has 0 bridgehead atoms. The van der Waals surface area contributed by atoms with Crippen LogP contribution in [0.2, 0.25) is 0 Å². The van der Waals surface area contributed by atoms with E-state index in [0.717, 1.165) is 6.07 Å². The van der Waals surface area contributed by atoms with E-state index in [2.05, 4.69) is 9.97 Å². The smallest absolute Gasteiger partial charge is 0.364 e. The summed E-state index contributed by atoms with van der Waals surface area (Å²) in [5.74, 6) is -0.899. The Morgan fingerprint density at radius 2 is 1.28 bits per heavy atom. The van der Waals surface area contributed by atoms with Crippen molar-refractivity contribution in [3.8, 4) is 0 Å². The molecule has 132 valence electrons. The monoisotopic (exact) mass is 358 g/mol. The molecular formula is C17H12F6N2. The normalized spacial score (nSPS) is 12.8. The van der Waals surface area contributed by atoms with Gasteiger partial charge in [0.25, 0.3) is 0 Å². The average molecular weight is 358 g/mol. The molecule has 2 aromatic heterocycles. The first kappa shape index (κ1) is 17.2. The molecule has 2 nitrogen and oxygen atoms in total. The van der Waals surface area contributed by atoms with Gasteiger partial charge in [0.05, 0.1) is 17.0 Å². The molecule has 0 spiro atoms. The molecule has 8 heteroatoms. The summed E-state index contributed by atoms with van der Waals surface area (Å²) in [4.78, 5) is 5.68. The fourth-order valence-electron chi connectivity index (χ4n) is 2.78. The molecule has 25 heavy (non-hydrogen) atoms. The molecule has 3 aromatic rings. The van der Waals surface area contributed by atoms with Crippen molar-refractivity contribution in [2.45, 2.75) is 18.3 Å². The maximum atomic E-state index is 13.5. The third kappa shape index (κ3) is 3.42. The molecule has 0 atom stereocenters. The van der Waals surface area contributed by atoms with Gasteiger partial charge in [0.15, 0.2) is 0 Å². The third-order valence-corrected chi connectivity index (χ3v) is 3.86. The van der Waals surface area contributed by atoms with Crippen LogP contribution in [0.15, 0.2) is 54.9 Å². The number of rotatable bonds is 3. The Balaban J connectivity index is 2.23. The first-order chi connectivity index (χ1) is 11.7. The Hall–Kier alpha value is -2.64. The van der Waals surface area contributed by atoms with Crippen molar-refractivity contribution < 1.29 is 26.3 Å². The van der Waals surface area contributed by atoms with Crippen LogP contribution in [0, 0.1) is 0 Å². The van der Waals surface area contributed by atoms with Crippen molar-refractivity contribution in [3.63, 3.8) is 0 Å². The lowest BCUT2D eigenvalue weighted by atomic mass is 9.87. The van der Waals surface area contributed by atoms with Crippen LogP contribution in [-0.2, 0) is 12.4 Å². The van der Waals surface area contributed by atoms with Crippen LogP contribution in [0.5, 0.6) is 0 Å². The van der Waals surface area contributed by atoms with E-state index >= 15 is 0 Å². The lowest BCUT2D eigenvalue weighted by molar-refractivity contribution is -0.143. The quantitative estimate of drug-likeness (QED) is 0.575. The van der Waals surface area contributed by atoms with Crippen LogP contribution in [0.1, 0.15) is 34.0 Å². The molecular weight excluding hydrogens is 346 g/mol. The van der Waals surface area contributed by atoms with Crippen LogP contribution in [0.4, 0.5) is 26.3 Å². The number of nitrogens with one attached hydrogen (secondary N) is 2. The number of halogens is 6. The minimum absolute atomic E-state index is 0.161. The summed E-state index contributed by atoms with van der Waals surface area (Å²) in [6.45, 7) is 0. The van der Waals surface area contributed by atoms with Crippen LogP contribution in [-0.4, -0.2) is 9.97 Å². The molecule has 3 rings (SSSR count). The maximum Gasteiger partial charge on any atom is 0.416 e. The second kappa shape index (κ2) is 6.02. The molecule has 0 amide bonds. The Labute approximate surface area is 138 Å². The van der Waals surface area contributed by atoms with Crippen molar-refractivity contribution >= 4 is 0 Å². The summed E-state index contributed by atoms with van der Waals surface area (Å²) < 4.78 is 79.0. The molecule has 0 radical (unpaired) electrons. The molecule has 0 aliphatic rings. The van der Waals surface area contributed by atoms with E-state index in [1.807, 2.05) is 0 Å².